The highest BCUT2D eigenvalue weighted by Crippen LogP contribution is 2.24. The molecule has 162 valence electrons. The molecule has 1 aliphatic rings. The average molecular weight is 485 g/mol. The number of ether oxygens (including phenoxy) is 1. The Morgan fingerprint density at radius 1 is 1.00 bits per heavy atom. The summed E-state index contributed by atoms with van der Waals surface area (Å²) in [5.74, 6) is 0.468. The zero-order chi connectivity index (χ0) is 22.0. The van der Waals surface area contributed by atoms with Crippen molar-refractivity contribution in [2.24, 2.45) is 0 Å². The predicted octanol–water partition coefficient (Wildman–Crippen LogP) is 5.24. The summed E-state index contributed by atoms with van der Waals surface area (Å²) in [5, 5.41) is 2.19. The van der Waals surface area contributed by atoms with Gasteiger partial charge in [0.2, 0.25) is 0 Å². The Labute approximate surface area is 190 Å². The maximum absolute atomic E-state index is 13.2. The maximum atomic E-state index is 13.2. The first kappa shape index (κ1) is 21.8. The minimum Gasteiger partial charge on any atom is -0.484 e. The van der Waals surface area contributed by atoms with Gasteiger partial charge < -0.3 is 9.64 Å². The van der Waals surface area contributed by atoms with Crippen molar-refractivity contribution in [1.29, 1.82) is 0 Å². The molecular formula is C25H26BrFN2O2. The number of fused-ring (bicyclic) bond motifs is 1. The van der Waals surface area contributed by atoms with Gasteiger partial charge in [0.1, 0.15) is 11.6 Å². The second-order valence-corrected chi connectivity index (χ2v) is 9.16. The number of hydrogen-bond acceptors (Lipinski definition) is 3. The lowest BCUT2D eigenvalue weighted by molar-refractivity contribution is -0.139. The van der Waals surface area contributed by atoms with Gasteiger partial charge in [-0.1, -0.05) is 40.2 Å². The van der Waals surface area contributed by atoms with Gasteiger partial charge in [0.05, 0.1) is 0 Å². The predicted molar refractivity (Wildman–Crippen MR) is 125 cm³/mol. The zero-order valence-electron chi connectivity index (χ0n) is 17.7. The van der Waals surface area contributed by atoms with Crippen LogP contribution in [0.25, 0.3) is 10.8 Å². The van der Waals surface area contributed by atoms with Crippen molar-refractivity contribution in [3.63, 3.8) is 0 Å². The molecule has 3 aromatic carbocycles. The first-order valence-corrected chi connectivity index (χ1v) is 11.3. The summed E-state index contributed by atoms with van der Waals surface area (Å²) in [6.07, 6.45) is 0. The first-order chi connectivity index (χ1) is 14.9. The molecule has 1 heterocycles. The molecule has 4 rings (SSSR count). The summed E-state index contributed by atoms with van der Waals surface area (Å²) >= 11 is 3.48. The van der Waals surface area contributed by atoms with Crippen molar-refractivity contribution in [2.45, 2.75) is 32.5 Å². The highest BCUT2D eigenvalue weighted by molar-refractivity contribution is 9.10. The number of carbonyl (C=O) groups is 1. The van der Waals surface area contributed by atoms with E-state index in [4.69, 9.17) is 4.74 Å². The van der Waals surface area contributed by atoms with E-state index in [1.54, 1.807) is 0 Å². The van der Waals surface area contributed by atoms with Crippen LogP contribution in [0.2, 0.25) is 0 Å². The Kier molecular flexibility index (Phi) is 6.58. The highest BCUT2D eigenvalue weighted by Gasteiger charge is 2.32. The Hall–Kier alpha value is -2.44. The molecule has 1 fully saturated rings. The summed E-state index contributed by atoms with van der Waals surface area (Å²) in [7, 11) is 0. The third kappa shape index (κ3) is 5.25. The molecule has 1 saturated heterocycles. The van der Waals surface area contributed by atoms with E-state index in [-0.39, 0.29) is 30.4 Å². The maximum Gasteiger partial charge on any atom is 0.260 e. The SMILES string of the molecule is CC1CN(C(=O)COc2ccc3cc(Br)ccc3c2)C(C)CN1Cc1ccc(F)cc1. The third-order valence-electron chi connectivity index (χ3n) is 5.87. The van der Waals surface area contributed by atoms with Gasteiger partial charge in [0, 0.05) is 36.2 Å². The molecule has 1 aliphatic heterocycles. The van der Waals surface area contributed by atoms with E-state index in [0.717, 1.165) is 33.9 Å². The molecule has 0 spiro atoms. The van der Waals surface area contributed by atoms with Crippen LogP contribution in [0.15, 0.2) is 65.1 Å². The summed E-state index contributed by atoms with van der Waals surface area (Å²) in [6.45, 7) is 6.38. The van der Waals surface area contributed by atoms with E-state index in [2.05, 4.69) is 40.7 Å². The number of amides is 1. The lowest BCUT2D eigenvalue weighted by atomic mass is 10.1. The van der Waals surface area contributed by atoms with Gasteiger partial charge in [-0.05, 0) is 66.6 Å². The summed E-state index contributed by atoms with van der Waals surface area (Å²) in [4.78, 5) is 17.1. The van der Waals surface area contributed by atoms with Crippen LogP contribution >= 0.6 is 15.9 Å². The van der Waals surface area contributed by atoms with E-state index >= 15 is 0 Å². The number of hydrogen-bond donors (Lipinski definition) is 0. The Morgan fingerprint density at radius 3 is 2.48 bits per heavy atom. The Morgan fingerprint density at radius 2 is 1.71 bits per heavy atom. The fraction of sp³-hybridized carbons (Fsp3) is 0.320. The molecule has 6 heteroatoms. The average Bonchev–Trinajstić information content (AvgIpc) is 2.75. The van der Waals surface area contributed by atoms with Crippen LogP contribution in [0.3, 0.4) is 0 Å². The van der Waals surface area contributed by atoms with Crippen molar-refractivity contribution in [2.75, 3.05) is 19.7 Å². The lowest BCUT2D eigenvalue weighted by Gasteiger charge is -2.44. The Balaban J connectivity index is 1.34. The third-order valence-corrected chi connectivity index (χ3v) is 6.36. The van der Waals surface area contributed by atoms with E-state index in [1.165, 1.54) is 12.1 Å². The van der Waals surface area contributed by atoms with Gasteiger partial charge in [0.15, 0.2) is 6.61 Å². The van der Waals surface area contributed by atoms with Crippen molar-refractivity contribution >= 4 is 32.6 Å². The zero-order valence-corrected chi connectivity index (χ0v) is 19.3. The number of benzene rings is 3. The van der Waals surface area contributed by atoms with Crippen molar-refractivity contribution in [3.8, 4) is 5.75 Å². The number of rotatable bonds is 5. The van der Waals surface area contributed by atoms with Crippen LogP contribution in [-0.4, -0.2) is 47.5 Å². The van der Waals surface area contributed by atoms with Crippen LogP contribution in [0.5, 0.6) is 5.75 Å². The summed E-state index contributed by atoms with van der Waals surface area (Å²) in [6, 6.07) is 18.8. The van der Waals surface area contributed by atoms with Crippen molar-refractivity contribution in [3.05, 3.63) is 76.5 Å². The fourth-order valence-electron chi connectivity index (χ4n) is 4.10. The van der Waals surface area contributed by atoms with Gasteiger partial charge in [-0.2, -0.15) is 0 Å². The van der Waals surface area contributed by atoms with Gasteiger partial charge in [-0.25, -0.2) is 4.39 Å². The number of nitrogens with zero attached hydrogens (tertiary/aromatic N) is 2. The van der Waals surface area contributed by atoms with Crippen LogP contribution in [-0.2, 0) is 11.3 Å². The van der Waals surface area contributed by atoms with E-state index in [9.17, 15) is 9.18 Å². The smallest absolute Gasteiger partial charge is 0.260 e. The second-order valence-electron chi connectivity index (χ2n) is 8.24. The van der Waals surface area contributed by atoms with Crippen molar-refractivity contribution < 1.29 is 13.9 Å². The number of halogens is 2. The number of carbonyl (C=O) groups excluding carboxylic acids is 1. The molecule has 0 aromatic heterocycles. The largest absolute Gasteiger partial charge is 0.484 e. The van der Waals surface area contributed by atoms with Crippen LogP contribution in [0, 0.1) is 5.82 Å². The minimum absolute atomic E-state index is 0.00307. The van der Waals surface area contributed by atoms with E-state index < -0.39 is 0 Å². The van der Waals surface area contributed by atoms with Crippen molar-refractivity contribution in [1.82, 2.24) is 9.80 Å². The summed E-state index contributed by atoms with van der Waals surface area (Å²) < 4.78 is 20.0. The molecule has 0 N–H and O–H groups in total. The van der Waals surface area contributed by atoms with Gasteiger partial charge in [-0.3, -0.25) is 9.69 Å². The topological polar surface area (TPSA) is 32.8 Å². The normalized spacial score (nSPS) is 19.5. The van der Waals surface area contributed by atoms with E-state index in [0.29, 0.717) is 12.3 Å². The second kappa shape index (κ2) is 9.37. The minimum atomic E-state index is -0.222. The molecule has 31 heavy (non-hydrogen) atoms. The lowest BCUT2D eigenvalue weighted by Crippen LogP contribution is -2.58. The van der Waals surface area contributed by atoms with Crippen LogP contribution in [0.1, 0.15) is 19.4 Å². The molecule has 0 aliphatic carbocycles. The van der Waals surface area contributed by atoms with Crippen LogP contribution in [0.4, 0.5) is 4.39 Å². The quantitative estimate of drug-likeness (QED) is 0.496. The molecule has 4 nitrogen and oxygen atoms in total. The first-order valence-electron chi connectivity index (χ1n) is 10.5. The summed E-state index contributed by atoms with van der Waals surface area (Å²) in [5.41, 5.74) is 1.08. The molecule has 3 aromatic rings. The Bertz CT molecular complexity index is 1070. The van der Waals surface area contributed by atoms with E-state index in [1.807, 2.05) is 47.4 Å². The number of piperazine rings is 1. The van der Waals surface area contributed by atoms with Gasteiger partial charge in [0.25, 0.3) is 5.91 Å². The molecule has 2 unspecified atom stereocenters. The standard InChI is InChI=1S/C25H26BrFN2O2/c1-17-14-29(18(2)13-28(17)15-19-3-8-23(27)9-4-19)25(30)16-31-24-10-6-20-11-22(26)7-5-21(20)12-24/h3-12,17-18H,13-16H2,1-2H3. The molecule has 0 radical (unpaired) electrons. The molecule has 1 amide bonds. The molecule has 0 bridgehead atoms. The van der Waals surface area contributed by atoms with Gasteiger partial charge >= 0.3 is 0 Å². The highest BCUT2D eigenvalue weighted by atomic mass is 79.9. The van der Waals surface area contributed by atoms with Gasteiger partial charge in [-0.15, -0.1) is 0 Å². The fourth-order valence-corrected chi connectivity index (χ4v) is 4.48. The monoisotopic (exact) mass is 484 g/mol. The van der Waals surface area contributed by atoms with Crippen LogP contribution < -0.4 is 4.74 Å². The molecule has 2 atom stereocenters. The molecule has 0 saturated carbocycles. The molecular weight excluding hydrogens is 459 g/mol.